The van der Waals surface area contributed by atoms with E-state index in [0.29, 0.717) is 71.5 Å². The fraction of sp³-hybridized carbons (Fsp3) is 0.690. The summed E-state index contributed by atoms with van der Waals surface area (Å²) in [4.78, 5) is 75.9. The van der Waals surface area contributed by atoms with E-state index in [1.54, 1.807) is 25.7 Å². The summed E-state index contributed by atoms with van der Waals surface area (Å²) in [6.07, 6.45) is 6.66. The van der Waals surface area contributed by atoms with E-state index in [1.807, 2.05) is 30.4 Å². The van der Waals surface area contributed by atoms with Crippen molar-refractivity contribution in [3.05, 3.63) is 47.5 Å². The highest BCUT2D eigenvalue weighted by molar-refractivity contribution is 7.87. The van der Waals surface area contributed by atoms with Crippen LogP contribution in [-0.4, -0.2) is 146 Å². The SMILES string of the molecule is CC(C)(C)OC(=O)N[C@H]1CCCCC/C=C\C2C[C@@]2(C(=O)NS(=O)(=O)N2CCCC2)NC(=O)[C@@H]2C[C@@H](OC(=O)N3CCc4ccccc4C3CN3CCOCC3)CN2C1=O. The minimum Gasteiger partial charge on any atom is -0.444 e. The Balaban J connectivity index is 1.15. The molecule has 17 nitrogen and oxygen atoms in total. The summed E-state index contributed by atoms with van der Waals surface area (Å²) in [5.74, 6) is -2.56. The Labute approximate surface area is 353 Å². The van der Waals surface area contributed by atoms with E-state index < -0.39 is 75.4 Å². The molecule has 0 spiro atoms. The minimum atomic E-state index is -4.16. The number of rotatable bonds is 7. The summed E-state index contributed by atoms with van der Waals surface area (Å²) >= 11 is 0. The quantitative estimate of drug-likeness (QED) is 0.342. The lowest BCUT2D eigenvalue weighted by Gasteiger charge is -2.40. The van der Waals surface area contributed by atoms with Crippen molar-refractivity contribution in [3.63, 3.8) is 0 Å². The van der Waals surface area contributed by atoms with Crippen LogP contribution < -0.4 is 15.4 Å². The van der Waals surface area contributed by atoms with Gasteiger partial charge in [-0.25, -0.2) is 14.3 Å². The molecule has 5 amide bonds. The van der Waals surface area contributed by atoms with Crippen molar-refractivity contribution in [2.45, 2.75) is 120 Å². The molecule has 1 aromatic carbocycles. The molecule has 6 aliphatic rings. The monoisotopic (exact) mass is 855 g/mol. The number of nitrogens with one attached hydrogen (secondary N) is 3. The third-order valence-corrected chi connectivity index (χ3v) is 13.9. The number of alkyl carbamates (subject to hydrolysis) is 1. The van der Waals surface area contributed by atoms with Crippen LogP contribution in [0, 0.1) is 5.92 Å². The summed E-state index contributed by atoms with van der Waals surface area (Å²) < 4.78 is 47.3. The average Bonchev–Trinajstić information content (AvgIpc) is 3.50. The molecular weight excluding hydrogens is 795 g/mol. The number of allylic oxidation sites excluding steroid dienone is 1. The van der Waals surface area contributed by atoms with Gasteiger partial charge in [-0.1, -0.05) is 49.3 Å². The molecule has 2 unspecified atom stereocenters. The Morgan fingerprint density at radius 3 is 2.48 bits per heavy atom. The topological polar surface area (TPSA) is 196 Å². The highest BCUT2D eigenvalue weighted by Crippen LogP contribution is 2.46. The smallest absolute Gasteiger partial charge is 0.410 e. The third-order valence-electron chi connectivity index (χ3n) is 12.4. The number of ether oxygens (including phenoxy) is 3. The van der Waals surface area contributed by atoms with Crippen LogP contribution in [0.25, 0.3) is 0 Å². The second-order valence-electron chi connectivity index (χ2n) is 17.9. The number of carbonyl (C=O) groups excluding carboxylic acids is 5. The molecule has 4 fully saturated rings. The number of hydrogen-bond donors (Lipinski definition) is 3. The Kier molecular flexibility index (Phi) is 13.4. The summed E-state index contributed by atoms with van der Waals surface area (Å²) in [7, 11) is -4.16. The maximum atomic E-state index is 14.6. The van der Waals surface area contributed by atoms with Crippen molar-refractivity contribution in [1.29, 1.82) is 0 Å². The molecule has 5 aliphatic heterocycles. The average molecular weight is 856 g/mol. The van der Waals surface area contributed by atoms with Crippen LogP contribution in [-0.2, 0) is 45.2 Å². The minimum absolute atomic E-state index is 0.0781. The number of fused-ring (bicyclic) bond motifs is 3. The summed E-state index contributed by atoms with van der Waals surface area (Å²) in [5, 5.41) is 5.61. The molecule has 0 bridgehead atoms. The largest absolute Gasteiger partial charge is 0.444 e. The third kappa shape index (κ3) is 10.3. The Morgan fingerprint density at radius 2 is 1.73 bits per heavy atom. The highest BCUT2D eigenvalue weighted by atomic mass is 32.2. The predicted octanol–water partition coefficient (Wildman–Crippen LogP) is 2.77. The van der Waals surface area contributed by atoms with Gasteiger partial charge in [0.1, 0.15) is 29.3 Å². The molecule has 1 aliphatic carbocycles. The summed E-state index contributed by atoms with van der Waals surface area (Å²) in [6.45, 7) is 9.28. The van der Waals surface area contributed by atoms with Gasteiger partial charge in [-0.05, 0) is 76.8 Å². The zero-order valence-corrected chi connectivity index (χ0v) is 35.9. The van der Waals surface area contributed by atoms with Gasteiger partial charge >= 0.3 is 22.4 Å². The summed E-state index contributed by atoms with van der Waals surface area (Å²) in [5.41, 5.74) is -0.204. The molecule has 18 heteroatoms. The van der Waals surface area contributed by atoms with Gasteiger partial charge in [-0.2, -0.15) is 12.7 Å². The lowest BCUT2D eigenvalue weighted by Crippen LogP contribution is -2.59. The standard InChI is InChI=1S/C42H61N7O10S/c1-41(2,3)59-39(53)43-33-16-8-6-4-5-7-14-30-26-42(30,38(52)45-60(55,56)47-18-11-12-19-47)44-36(50)34-25-31(27-49(34)37(33)51)58-40(54)48-20-17-29-13-9-10-15-32(29)35(48)28-46-21-23-57-24-22-46/h7,9-10,13-15,30-31,33-35H,4-6,8,11-12,16-28H2,1-3H3,(H,43,53)(H,44,50)(H,45,52)/b14-7-/t30?,31-,33+,34+,35?,42-/m1/s1. The number of nitrogens with zero attached hydrogens (tertiary/aromatic N) is 4. The van der Waals surface area contributed by atoms with Gasteiger partial charge in [0.05, 0.1) is 25.8 Å². The molecule has 1 saturated carbocycles. The number of benzene rings is 1. The van der Waals surface area contributed by atoms with Crippen LogP contribution in [0.3, 0.4) is 0 Å². The molecule has 6 atom stereocenters. The molecular formula is C42H61N7O10S. The van der Waals surface area contributed by atoms with Crippen molar-refractivity contribution in [1.82, 2.24) is 34.4 Å². The van der Waals surface area contributed by atoms with E-state index in [2.05, 4.69) is 26.3 Å². The molecule has 60 heavy (non-hydrogen) atoms. The summed E-state index contributed by atoms with van der Waals surface area (Å²) in [6, 6.07) is 5.51. The Bertz CT molecular complexity index is 1910. The fourth-order valence-corrected chi connectivity index (χ4v) is 10.4. The normalized spacial score (nSPS) is 30.1. The van der Waals surface area contributed by atoms with Crippen LogP contribution in [0.5, 0.6) is 0 Å². The predicted molar refractivity (Wildman–Crippen MR) is 219 cm³/mol. The maximum absolute atomic E-state index is 14.6. The molecule has 3 N–H and O–H groups in total. The van der Waals surface area contributed by atoms with Gasteiger partial charge in [0, 0.05) is 51.6 Å². The van der Waals surface area contributed by atoms with Gasteiger partial charge in [-0.3, -0.25) is 24.2 Å². The number of morpholine rings is 1. The zero-order valence-electron chi connectivity index (χ0n) is 35.1. The lowest BCUT2D eigenvalue weighted by atomic mass is 9.92. The Hall–Kier alpha value is -4.26. The number of amides is 5. The molecule has 1 aromatic rings. The van der Waals surface area contributed by atoms with Crippen molar-refractivity contribution < 1.29 is 46.6 Å². The first-order valence-corrected chi connectivity index (χ1v) is 23.0. The molecule has 5 heterocycles. The highest BCUT2D eigenvalue weighted by Gasteiger charge is 2.62. The van der Waals surface area contributed by atoms with E-state index in [4.69, 9.17) is 14.2 Å². The van der Waals surface area contributed by atoms with Crippen LogP contribution in [0.4, 0.5) is 9.59 Å². The van der Waals surface area contributed by atoms with Gasteiger partial charge in [0.2, 0.25) is 11.8 Å². The second kappa shape index (κ2) is 18.4. The van der Waals surface area contributed by atoms with E-state index in [0.717, 1.165) is 37.1 Å². The molecule has 7 rings (SSSR count). The molecule has 0 aromatic heterocycles. The molecule has 0 radical (unpaired) electrons. The van der Waals surface area contributed by atoms with E-state index >= 15 is 0 Å². The van der Waals surface area contributed by atoms with Gasteiger partial charge in [-0.15, -0.1) is 0 Å². The van der Waals surface area contributed by atoms with Crippen molar-refractivity contribution in [2.75, 3.05) is 59.0 Å². The second-order valence-corrected chi connectivity index (χ2v) is 19.6. The van der Waals surface area contributed by atoms with E-state index in [9.17, 15) is 32.4 Å². The fourth-order valence-electron chi connectivity index (χ4n) is 9.12. The van der Waals surface area contributed by atoms with Crippen LogP contribution in [0.1, 0.15) is 95.7 Å². The first kappa shape index (κ1) is 43.8. The van der Waals surface area contributed by atoms with E-state index in [-0.39, 0.29) is 31.8 Å². The van der Waals surface area contributed by atoms with Gasteiger partial charge < -0.3 is 29.7 Å². The zero-order chi connectivity index (χ0) is 42.7. The van der Waals surface area contributed by atoms with Crippen LogP contribution >= 0.6 is 0 Å². The Morgan fingerprint density at radius 1 is 0.983 bits per heavy atom. The lowest BCUT2D eigenvalue weighted by molar-refractivity contribution is -0.141. The molecule has 3 saturated heterocycles. The van der Waals surface area contributed by atoms with Crippen molar-refractivity contribution >= 4 is 40.1 Å². The van der Waals surface area contributed by atoms with Crippen LogP contribution in [0.15, 0.2) is 36.4 Å². The van der Waals surface area contributed by atoms with Crippen LogP contribution in [0.2, 0.25) is 0 Å². The van der Waals surface area contributed by atoms with E-state index in [1.165, 1.54) is 9.21 Å². The molecule has 330 valence electrons. The first-order valence-electron chi connectivity index (χ1n) is 21.6. The number of hydrogen-bond acceptors (Lipinski definition) is 11. The maximum Gasteiger partial charge on any atom is 0.410 e. The number of carbonyl (C=O) groups is 5. The van der Waals surface area contributed by atoms with Crippen molar-refractivity contribution in [2.24, 2.45) is 5.92 Å². The van der Waals surface area contributed by atoms with Crippen molar-refractivity contribution in [3.8, 4) is 0 Å². The van der Waals surface area contributed by atoms with Gasteiger partial charge in [0.15, 0.2) is 0 Å². The first-order chi connectivity index (χ1) is 28.6. The van der Waals surface area contributed by atoms with Gasteiger partial charge in [0.25, 0.3) is 5.91 Å².